The van der Waals surface area contributed by atoms with Gasteiger partial charge in [0.15, 0.2) is 0 Å². The van der Waals surface area contributed by atoms with Gasteiger partial charge in [-0.05, 0) is 43.2 Å². The Morgan fingerprint density at radius 2 is 2.00 bits per heavy atom. The molecule has 0 aliphatic carbocycles. The van der Waals surface area contributed by atoms with Gasteiger partial charge >= 0.3 is 5.97 Å². The van der Waals surface area contributed by atoms with Gasteiger partial charge < -0.3 is 4.74 Å². The van der Waals surface area contributed by atoms with E-state index >= 15 is 0 Å². The quantitative estimate of drug-likeness (QED) is 0.351. The highest BCUT2D eigenvalue weighted by molar-refractivity contribution is 6.31. The zero-order valence-electron chi connectivity index (χ0n) is 15.9. The summed E-state index contributed by atoms with van der Waals surface area (Å²) in [5.74, 6) is -0.672. The molecule has 3 rings (SSSR count). The monoisotopic (exact) mass is 393 g/mol. The number of halogens is 1. The summed E-state index contributed by atoms with van der Waals surface area (Å²) in [6.45, 7) is 5.73. The first-order valence-electron chi connectivity index (χ1n) is 8.93. The summed E-state index contributed by atoms with van der Waals surface area (Å²) in [4.78, 5) is 12.1. The molecule has 0 fully saturated rings. The van der Waals surface area contributed by atoms with Crippen LogP contribution >= 0.6 is 11.6 Å². The number of fused-ring (bicyclic) bond motifs is 1. The van der Waals surface area contributed by atoms with Crippen LogP contribution in [0.2, 0.25) is 5.15 Å². The molecule has 2 aromatic carbocycles. The van der Waals surface area contributed by atoms with Crippen LogP contribution in [-0.2, 0) is 16.1 Å². The first kappa shape index (κ1) is 19.7. The maximum absolute atomic E-state index is 12.1. The van der Waals surface area contributed by atoms with Gasteiger partial charge in [-0.1, -0.05) is 54.1 Å². The molecule has 0 aliphatic rings. The number of aryl methyl sites for hydroxylation is 1. The minimum absolute atomic E-state index is 0.108. The molecule has 0 saturated carbocycles. The van der Waals surface area contributed by atoms with E-state index in [1.165, 1.54) is 6.08 Å². The molecule has 1 aromatic heterocycles. The molecule has 3 aromatic rings. The number of carbonyl (C=O) groups is 1. The van der Waals surface area contributed by atoms with Crippen LogP contribution in [0.15, 0.2) is 48.0 Å². The molecule has 0 N–H and O–H groups in total. The number of nitriles is 1. The van der Waals surface area contributed by atoms with Crippen molar-refractivity contribution in [1.29, 1.82) is 5.26 Å². The number of ether oxygens (including phenoxy) is 1. The van der Waals surface area contributed by atoms with Gasteiger partial charge in [-0.3, -0.25) is 0 Å². The first-order valence-corrected chi connectivity index (χ1v) is 9.30. The Morgan fingerprint density at radius 3 is 2.71 bits per heavy atom. The summed E-state index contributed by atoms with van der Waals surface area (Å²) in [6, 6.07) is 16.1. The van der Waals surface area contributed by atoms with Crippen LogP contribution in [0.1, 0.15) is 30.7 Å². The fourth-order valence-corrected chi connectivity index (χ4v) is 3.28. The second-order valence-corrected chi connectivity index (χ2v) is 7.07. The highest BCUT2D eigenvalue weighted by Crippen LogP contribution is 2.26. The lowest BCUT2D eigenvalue weighted by Crippen LogP contribution is -2.12. The van der Waals surface area contributed by atoms with Gasteiger partial charge in [0.2, 0.25) is 0 Å². The van der Waals surface area contributed by atoms with Gasteiger partial charge in [0.1, 0.15) is 16.8 Å². The van der Waals surface area contributed by atoms with Gasteiger partial charge in [0.25, 0.3) is 0 Å². The SMILES string of the molecule is Cc1nn(Cc2cccc3ccccc23)c(Cl)c1/C=C(\C#N)C(=O)OC(C)C. The van der Waals surface area contributed by atoms with Crippen LogP contribution < -0.4 is 0 Å². The van der Waals surface area contributed by atoms with Gasteiger partial charge in [-0.15, -0.1) is 0 Å². The lowest BCUT2D eigenvalue weighted by Gasteiger charge is -2.08. The van der Waals surface area contributed by atoms with Crippen LogP contribution in [0, 0.1) is 18.3 Å². The van der Waals surface area contributed by atoms with Gasteiger partial charge in [0.05, 0.1) is 18.3 Å². The van der Waals surface area contributed by atoms with E-state index in [4.69, 9.17) is 16.3 Å². The predicted octanol–water partition coefficient (Wildman–Crippen LogP) is 4.91. The number of aromatic nitrogens is 2. The molecule has 28 heavy (non-hydrogen) atoms. The van der Waals surface area contributed by atoms with Crippen molar-refractivity contribution in [1.82, 2.24) is 9.78 Å². The predicted molar refractivity (Wildman–Crippen MR) is 110 cm³/mol. The molecule has 0 bridgehead atoms. The van der Waals surface area contributed by atoms with E-state index in [1.807, 2.05) is 30.3 Å². The number of esters is 1. The summed E-state index contributed by atoms with van der Waals surface area (Å²) in [6.07, 6.45) is 1.13. The van der Waals surface area contributed by atoms with Crippen molar-refractivity contribution in [3.63, 3.8) is 0 Å². The zero-order chi connectivity index (χ0) is 20.3. The molecule has 142 valence electrons. The maximum Gasteiger partial charge on any atom is 0.349 e. The molecule has 1 heterocycles. The van der Waals surface area contributed by atoms with E-state index in [-0.39, 0.29) is 11.7 Å². The third-order valence-corrected chi connectivity index (χ3v) is 4.68. The summed E-state index contributed by atoms with van der Waals surface area (Å²) >= 11 is 6.54. The lowest BCUT2D eigenvalue weighted by molar-refractivity contribution is -0.142. The summed E-state index contributed by atoms with van der Waals surface area (Å²) < 4.78 is 6.78. The molecule has 0 atom stereocenters. The van der Waals surface area contributed by atoms with Crippen molar-refractivity contribution in [3.05, 3.63) is 70.0 Å². The zero-order valence-corrected chi connectivity index (χ0v) is 16.7. The molecule has 0 aliphatic heterocycles. The fraction of sp³-hybridized carbons (Fsp3) is 0.227. The largest absolute Gasteiger partial charge is 0.459 e. The summed E-state index contributed by atoms with van der Waals surface area (Å²) in [5, 5.41) is 16.5. The van der Waals surface area contributed by atoms with Gasteiger partial charge in [-0.2, -0.15) is 10.4 Å². The average Bonchev–Trinajstić information content (AvgIpc) is 2.92. The molecule has 0 amide bonds. The van der Waals surface area contributed by atoms with Crippen LogP contribution in [0.5, 0.6) is 0 Å². The van der Waals surface area contributed by atoms with Gasteiger partial charge in [-0.25, -0.2) is 9.48 Å². The Hall–Kier alpha value is -3.10. The Kier molecular flexibility index (Phi) is 5.81. The molecular formula is C22H20ClN3O2. The van der Waals surface area contributed by atoms with Gasteiger partial charge in [0, 0.05) is 5.56 Å². The normalized spacial score (nSPS) is 11.6. The molecule has 0 saturated heterocycles. The van der Waals surface area contributed by atoms with Crippen LogP contribution in [0.25, 0.3) is 16.8 Å². The summed E-state index contributed by atoms with van der Waals surface area (Å²) in [7, 11) is 0. The van der Waals surface area contributed by atoms with E-state index in [0.29, 0.717) is 23.0 Å². The van der Waals surface area contributed by atoms with Crippen molar-refractivity contribution in [3.8, 4) is 6.07 Å². The topological polar surface area (TPSA) is 67.9 Å². The van der Waals surface area contributed by atoms with E-state index in [0.717, 1.165) is 16.3 Å². The number of carbonyl (C=O) groups excluding carboxylic acids is 1. The number of nitrogens with zero attached hydrogens (tertiary/aromatic N) is 3. The number of hydrogen-bond donors (Lipinski definition) is 0. The van der Waals surface area contributed by atoms with E-state index in [1.54, 1.807) is 25.5 Å². The molecule has 0 radical (unpaired) electrons. The number of benzene rings is 2. The molecule has 0 spiro atoms. The average molecular weight is 394 g/mol. The van der Waals surface area contributed by atoms with Crippen molar-refractivity contribution < 1.29 is 9.53 Å². The van der Waals surface area contributed by atoms with E-state index < -0.39 is 5.97 Å². The number of hydrogen-bond acceptors (Lipinski definition) is 4. The Labute approximate surface area is 168 Å². The number of rotatable bonds is 5. The van der Waals surface area contributed by atoms with Crippen LogP contribution in [0.3, 0.4) is 0 Å². The molecular weight excluding hydrogens is 374 g/mol. The Balaban J connectivity index is 1.97. The smallest absolute Gasteiger partial charge is 0.349 e. The van der Waals surface area contributed by atoms with E-state index in [9.17, 15) is 10.1 Å². The molecule has 0 unspecified atom stereocenters. The molecule has 5 nitrogen and oxygen atoms in total. The second kappa shape index (κ2) is 8.28. The highest BCUT2D eigenvalue weighted by atomic mass is 35.5. The standard InChI is InChI=1S/C22H20ClN3O2/c1-14(2)28-22(27)18(12-24)11-20-15(3)25-26(21(20)23)13-17-9-6-8-16-7-4-5-10-19(16)17/h4-11,14H,13H2,1-3H3/b18-11+. The molecule has 6 heteroatoms. The fourth-order valence-electron chi connectivity index (χ4n) is 2.99. The van der Waals surface area contributed by atoms with Crippen molar-refractivity contribution in [2.75, 3.05) is 0 Å². The Morgan fingerprint density at radius 1 is 1.29 bits per heavy atom. The van der Waals surface area contributed by atoms with Crippen molar-refractivity contribution in [2.24, 2.45) is 0 Å². The Bertz CT molecular complexity index is 1100. The second-order valence-electron chi connectivity index (χ2n) is 6.71. The van der Waals surface area contributed by atoms with E-state index in [2.05, 4.69) is 23.3 Å². The van der Waals surface area contributed by atoms with Crippen LogP contribution in [-0.4, -0.2) is 21.9 Å². The third-order valence-electron chi connectivity index (χ3n) is 4.28. The maximum atomic E-state index is 12.1. The van der Waals surface area contributed by atoms with Crippen molar-refractivity contribution >= 4 is 34.4 Å². The van der Waals surface area contributed by atoms with Crippen molar-refractivity contribution in [2.45, 2.75) is 33.4 Å². The highest BCUT2D eigenvalue weighted by Gasteiger charge is 2.18. The summed E-state index contributed by atoms with van der Waals surface area (Å²) in [5.41, 5.74) is 2.15. The minimum atomic E-state index is -0.672. The minimum Gasteiger partial charge on any atom is -0.459 e. The lowest BCUT2D eigenvalue weighted by atomic mass is 10.0. The first-order chi connectivity index (χ1) is 13.4. The van der Waals surface area contributed by atoms with Crippen LogP contribution in [0.4, 0.5) is 0 Å². The third kappa shape index (κ3) is 4.08.